The van der Waals surface area contributed by atoms with Crippen molar-refractivity contribution in [3.05, 3.63) is 35.9 Å². The molecule has 0 amide bonds. The van der Waals surface area contributed by atoms with E-state index in [0.717, 1.165) is 24.8 Å². The first-order chi connectivity index (χ1) is 8.18. The molecule has 17 heavy (non-hydrogen) atoms. The second-order valence-corrected chi connectivity index (χ2v) is 5.12. The van der Waals surface area contributed by atoms with Crippen LogP contribution in [0.5, 0.6) is 0 Å². The fourth-order valence-corrected chi connectivity index (χ4v) is 2.85. The largest absolute Gasteiger partial charge is 0.386 e. The Morgan fingerprint density at radius 1 is 1.29 bits per heavy atom. The molecule has 2 heterocycles. The molecule has 0 aliphatic carbocycles. The molecule has 2 bridgehead atoms. The summed E-state index contributed by atoms with van der Waals surface area (Å²) in [5.74, 6) is -0.483. The normalized spacial score (nSPS) is 38.0. The van der Waals surface area contributed by atoms with Gasteiger partial charge in [0.2, 0.25) is 0 Å². The van der Waals surface area contributed by atoms with E-state index in [1.807, 2.05) is 37.3 Å². The van der Waals surface area contributed by atoms with Crippen molar-refractivity contribution in [2.45, 2.75) is 50.3 Å². The van der Waals surface area contributed by atoms with Crippen molar-refractivity contribution < 1.29 is 14.6 Å². The van der Waals surface area contributed by atoms with E-state index in [4.69, 9.17) is 9.47 Å². The molecule has 3 heteroatoms. The van der Waals surface area contributed by atoms with Crippen LogP contribution in [0.4, 0.5) is 0 Å². The smallest absolute Gasteiger partial charge is 0.166 e. The van der Waals surface area contributed by atoms with Gasteiger partial charge in [0, 0.05) is 6.42 Å². The summed E-state index contributed by atoms with van der Waals surface area (Å²) in [7, 11) is 0. The highest BCUT2D eigenvalue weighted by atomic mass is 16.8. The second kappa shape index (κ2) is 4.09. The molecule has 92 valence electrons. The van der Waals surface area contributed by atoms with Crippen LogP contribution in [0.25, 0.3) is 0 Å². The average Bonchev–Trinajstić information content (AvgIpc) is 2.59. The summed E-state index contributed by atoms with van der Waals surface area (Å²) in [6, 6.07) is 9.67. The number of aliphatic hydroxyl groups excluding tert-OH is 1. The molecular formula is C14H18O3. The Labute approximate surface area is 101 Å². The van der Waals surface area contributed by atoms with Gasteiger partial charge in [0.1, 0.15) is 12.2 Å². The number of hydrogen-bond donors (Lipinski definition) is 1. The second-order valence-electron chi connectivity index (χ2n) is 5.12. The summed E-state index contributed by atoms with van der Waals surface area (Å²) in [5.41, 5.74) is 0.900. The van der Waals surface area contributed by atoms with E-state index in [9.17, 15) is 5.11 Å². The molecule has 0 aromatic heterocycles. The summed E-state index contributed by atoms with van der Waals surface area (Å²) < 4.78 is 11.8. The minimum absolute atomic E-state index is 0.0314. The quantitative estimate of drug-likeness (QED) is 0.854. The third-order valence-corrected chi connectivity index (χ3v) is 3.72. The Hall–Kier alpha value is -0.900. The molecule has 0 unspecified atom stereocenters. The lowest BCUT2D eigenvalue weighted by atomic mass is 9.96. The maximum atomic E-state index is 10.4. The first kappa shape index (κ1) is 11.2. The Kier molecular flexibility index (Phi) is 2.69. The van der Waals surface area contributed by atoms with Crippen LogP contribution in [-0.4, -0.2) is 23.1 Å². The maximum absolute atomic E-state index is 10.4. The molecule has 1 aromatic rings. The Balaban J connectivity index is 1.81. The van der Waals surface area contributed by atoms with Crippen LogP contribution in [-0.2, 0) is 9.47 Å². The molecule has 0 spiro atoms. The van der Waals surface area contributed by atoms with Gasteiger partial charge in [-0.3, -0.25) is 0 Å². The van der Waals surface area contributed by atoms with Crippen LogP contribution < -0.4 is 0 Å². The van der Waals surface area contributed by atoms with E-state index in [0.29, 0.717) is 0 Å². The standard InChI is InChI=1S/C14H18O3/c1-14-9-5-8-11(16-14)13(17-14)12(15)10-6-3-2-4-7-10/h2-4,6-7,11-13,15H,5,8-9H2,1H3/t11-,12-,13+,14-/m0/s1. The van der Waals surface area contributed by atoms with Crippen LogP contribution >= 0.6 is 0 Å². The summed E-state index contributed by atoms with van der Waals surface area (Å²) in [6.45, 7) is 1.97. The van der Waals surface area contributed by atoms with Gasteiger partial charge in [0.15, 0.2) is 5.79 Å². The van der Waals surface area contributed by atoms with E-state index < -0.39 is 11.9 Å². The number of fused-ring (bicyclic) bond motifs is 2. The van der Waals surface area contributed by atoms with Crippen molar-refractivity contribution in [3.63, 3.8) is 0 Å². The van der Waals surface area contributed by atoms with E-state index in [1.165, 1.54) is 0 Å². The van der Waals surface area contributed by atoms with Gasteiger partial charge in [-0.1, -0.05) is 30.3 Å². The minimum Gasteiger partial charge on any atom is -0.386 e. The maximum Gasteiger partial charge on any atom is 0.166 e. The molecule has 0 saturated carbocycles. The zero-order valence-corrected chi connectivity index (χ0v) is 10.0. The van der Waals surface area contributed by atoms with E-state index in [2.05, 4.69) is 0 Å². The highest BCUT2D eigenvalue weighted by Crippen LogP contribution is 2.43. The molecule has 0 radical (unpaired) electrons. The van der Waals surface area contributed by atoms with Crippen molar-refractivity contribution in [1.82, 2.24) is 0 Å². The number of ether oxygens (including phenoxy) is 2. The zero-order chi connectivity index (χ0) is 11.9. The molecule has 2 fully saturated rings. The highest BCUT2D eigenvalue weighted by Gasteiger charge is 2.49. The molecule has 2 aliphatic rings. The van der Waals surface area contributed by atoms with Crippen molar-refractivity contribution in [2.75, 3.05) is 0 Å². The first-order valence-corrected chi connectivity index (χ1v) is 6.27. The number of aliphatic hydroxyl groups is 1. The van der Waals surface area contributed by atoms with Crippen LogP contribution in [0.3, 0.4) is 0 Å². The lowest BCUT2D eigenvalue weighted by Crippen LogP contribution is -2.30. The van der Waals surface area contributed by atoms with Crippen LogP contribution in [0.15, 0.2) is 30.3 Å². The minimum atomic E-state index is -0.596. The van der Waals surface area contributed by atoms with E-state index in [-0.39, 0.29) is 12.2 Å². The van der Waals surface area contributed by atoms with E-state index >= 15 is 0 Å². The van der Waals surface area contributed by atoms with Gasteiger partial charge in [0.05, 0.1) is 6.10 Å². The number of benzene rings is 1. The topological polar surface area (TPSA) is 38.7 Å². The summed E-state index contributed by atoms with van der Waals surface area (Å²) in [4.78, 5) is 0. The lowest BCUT2D eigenvalue weighted by Gasteiger charge is -2.26. The molecule has 1 aromatic carbocycles. The van der Waals surface area contributed by atoms with Gasteiger partial charge in [-0.15, -0.1) is 0 Å². The Bertz CT molecular complexity index is 392. The van der Waals surface area contributed by atoms with Crippen LogP contribution in [0.1, 0.15) is 37.9 Å². The predicted molar refractivity (Wildman–Crippen MR) is 63.4 cm³/mol. The third-order valence-electron chi connectivity index (χ3n) is 3.72. The summed E-state index contributed by atoms with van der Waals surface area (Å²) in [5, 5.41) is 10.4. The van der Waals surface area contributed by atoms with Gasteiger partial charge < -0.3 is 14.6 Å². The zero-order valence-electron chi connectivity index (χ0n) is 10.0. The number of rotatable bonds is 2. The van der Waals surface area contributed by atoms with Crippen molar-refractivity contribution in [1.29, 1.82) is 0 Å². The Morgan fingerprint density at radius 3 is 2.76 bits per heavy atom. The SMILES string of the molecule is C[C@]12CCC[C@H](O1)[C@H]([C@@H](O)c1ccccc1)O2. The molecule has 1 N–H and O–H groups in total. The van der Waals surface area contributed by atoms with Gasteiger partial charge in [-0.05, 0) is 25.3 Å². The summed E-state index contributed by atoms with van der Waals surface area (Å²) in [6.07, 6.45) is 2.21. The molecule has 3 rings (SSSR count). The molecule has 2 aliphatic heterocycles. The van der Waals surface area contributed by atoms with Crippen LogP contribution in [0, 0.1) is 0 Å². The van der Waals surface area contributed by atoms with Crippen molar-refractivity contribution in [2.24, 2.45) is 0 Å². The van der Waals surface area contributed by atoms with E-state index in [1.54, 1.807) is 0 Å². The van der Waals surface area contributed by atoms with Gasteiger partial charge in [0.25, 0.3) is 0 Å². The molecular weight excluding hydrogens is 216 g/mol. The lowest BCUT2D eigenvalue weighted by molar-refractivity contribution is -0.184. The fourth-order valence-electron chi connectivity index (χ4n) is 2.85. The molecule has 4 atom stereocenters. The van der Waals surface area contributed by atoms with Crippen molar-refractivity contribution in [3.8, 4) is 0 Å². The fraction of sp³-hybridized carbons (Fsp3) is 0.571. The molecule has 2 saturated heterocycles. The van der Waals surface area contributed by atoms with Gasteiger partial charge in [-0.2, -0.15) is 0 Å². The average molecular weight is 234 g/mol. The highest BCUT2D eigenvalue weighted by molar-refractivity contribution is 5.19. The van der Waals surface area contributed by atoms with Gasteiger partial charge in [-0.25, -0.2) is 0 Å². The van der Waals surface area contributed by atoms with Crippen molar-refractivity contribution >= 4 is 0 Å². The molecule has 3 nitrogen and oxygen atoms in total. The van der Waals surface area contributed by atoms with Crippen LogP contribution in [0.2, 0.25) is 0 Å². The monoisotopic (exact) mass is 234 g/mol. The summed E-state index contributed by atoms with van der Waals surface area (Å²) >= 11 is 0. The Morgan fingerprint density at radius 2 is 2.06 bits per heavy atom. The third kappa shape index (κ3) is 1.99. The predicted octanol–water partition coefficient (Wildman–Crippen LogP) is 2.40. The van der Waals surface area contributed by atoms with Gasteiger partial charge >= 0.3 is 0 Å². The first-order valence-electron chi connectivity index (χ1n) is 6.27. The number of hydrogen-bond acceptors (Lipinski definition) is 3.